The first-order chi connectivity index (χ1) is 4.61. The van der Waals surface area contributed by atoms with E-state index in [4.69, 9.17) is 17.3 Å². The third kappa shape index (κ3) is 0.695. The Morgan fingerprint density at radius 3 is 2.60 bits per heavy atom. The lowest BCUT2D eigenvalue weighted by Gasteiger charge is -2.39. The summed E-state index contributed by atoms with van der Waals surface area (Å²) >= 11 is 0. The third-order valence-electron chi connectivity index (χ3n) is 2.07. The monoisotopic (exact) mass is 139 g/mol. The zero-order valence-electron chi connectivity index (χ0n) is 5.50. The molecule has 1 aliphatic rings. The van der Waals surface area contributed by atoms with Gasteiger partial charge in [0.05, 0.1) is 0 Å². The molecule has 3 nitrogen and oxygen atoms in total. The van der Waals surface area contributed by atoms with Gasteiger partial charge in [-0.2, -0.15) is 0 Å². The summed E-state index contributed by atoms with van der Waals surface area (Å²) in [5, 5.41) is 8.57. The third-order valence-corrected chi connectivity index (χ3v) is 2.07. The molecule has 10 heavy (non-hydrogen) atoms. The zero-order chi connectivity index (χ0) is 7.78. The summed E-state index contributed by atoms with van der Waals surface area (Å²) in [6, 6.07) is 0. The number of hydrogen-bond acceptors (Lipinski definition) is 2. The summed E-state index contributed by atoms with van der Waals surface area (Å²) < 4.78 is 0. The second-order valence-electron chi connectivity index (χ2n) is 2.60. The van der Waals surface area contributed by atoms with Crippen molar-refractivity contribution < 1.29 is 9.90 Å². The van der Waals surface area contributed by atoms with Gasteiger partial charge in [0.2, 0.25) is 0 Å². The Kier molecular flexibility index (Phi) is 1.42. The van der Waals surface area contributed by atoms with Gasteiger partial charge >= 0.3 is 5.97 Å². The van der Waals surface area contributed by atoms with E-state index in [1.807, 2.05) is 0 Å². The van der Waals surface area contributed by atoms with E-state index in [2.05, 4.69) is 5.92 Å². The van der Waals surface area contributed by atoms with Crippen LogP contribution in [0.5, 0.6) is 0 Å². The van der Waals surface area contributed by atoms with Crippen LogP contribution in [0.3, 0.4) is 0 Å². The fraction of sp³-hybridized carbons (Fsp3) is 0.571. The van der Waals surface area contributed by atoms with E-state index in [0.29, 0.717) is 6.42 Å². The predicted molar refractivity (Wildman–Crippen MR) is 36.1 cm³/mol. The SMILES string of the molecule is C#CC1CC[C@@]1(N)C(=O)O. The highest BCUT2D eigenvalue weighted by Gasteiger charge is 2.49. The number of rotatable bonds is 1. The quantitative estimate of drug-likeness (QED) is 0.495. The van der Waals surface area contributed by atoms with Crippen molar-refractivity contribution in [3.63, 3.8) is 0 Å². The number of carboxylic acid groups (broad SMARTS) is 1. The zero-order valence-corrected chi connectivity index (χ0v) is 5.50. The van der Waals surface area contributed by atoms with Crippen LogP contribution in [0.15, 0.2) is 0 Å². The van der Waals surface area contributed by atoms with Gasteiger partial charge in [0.1, 0.15) is 5.54 Å². The fourth-order valence-corrected chi connectivity index (χ4v) is 1.09. The van der Waals surface area contributed by atoms with E-state index in [1.54, 1.807) is 0 Å². The molecule has 1 unspecified atom stereocenters. The van der Waals surface area contributed by atoms with Gasteiger partial charge in [-0.3, -0.25) is 4.79 Å². The molecule has 0 aromatic heterocycles. The van der Waals surface area contributed by atoms with Crippen LogP contribution in [-0.2, 0) is 4.79 Å². The molecule has 0 heterocycles. The lowest BCUT2D eigenvalue weighted by atomic mass is 9.68. The highest BCUT2D eigenvalue weighted by molar-refractivity contribution is 5.81. The number of aliphatic carboxylic acids is 1. The highest BCUT2D eigenvalue weighted by atomic mass is 16.4. The van der Waals surface area contributed by atoms with Crippen LogP contribution >= 0.6 is 0 Å². The average Bonchev–Trinajstić information content (AvgIpc) is 1.85. The van der Waals surface area contributed by atoms with E-state index < -0.39 is 11.5 Å². The molecule has 3 heteroatoms. The molecule has 3 N–H and O–H groups in total. The van der Waals surface area contributed by atoms with Gasteiger partial charge in [0, 0.05) is 5.92 Å². The van der Waals surface area contributed by atoms with Crippen molar-refractivity contribution >= 4 is 5.97 Å². The number of terminal acetylenes is 1. The van der Waals surface area contributed by atoms with Gasteiger partial charge in [-0.05, 0) is 12.8 Å². The van der Waals surface area contributed by atoms with E-state index in [1.165, 1.54) is 0 Å². The lowest BCUT2D eigenvalue weighted by Crippen LogP contribution is -2.60. The normalized spacial score (nSPS) is 37.8. The molecule has 0 aromatic rings. The van der Waals surface area contributed by atoms with Crippen LogP contribution < -0.4 is 5.73 Å². The van der Waals surface area contributed by atoms with Gasteiger partial charge in [-0.1, -0.05) is 0 Å². The summed E-state index contributed by atoms with van der Waals surface area (Å²) in [6.07, 6.45) is 6.29. The first-order valence-corrected chi connectivity index (χ1v) is 3.09. The van der Waals surface area contributed by atoms with Crippen molar-refractivity contribution in [2.45, 2.75) is 18.4 Å². The Labute approximate surface area is 59.2 Å². The molecule has 1 fully saturated rings. The Bertz CT molecular complexity index is 206. The van der Waals surface area contributed by atoms with E-state index in [-0.39, 0.29) is 5.92 Å². The van der Waals surface area contributed by atoms with Gasteiger partial charge in [-0.15, -0.1) is 12.3 Å². The van der Waals surface area contributed by atoms with Gasteiger partial charge in [0.15, 0.2) is 0 Å². The Hall–Kier alpha value is -1.01. The Balaban J connectivity index is 2.73. The minimum absolute atomic E-state index is 0.273. The molecule has 0 amide bonds. The standard InChI is InChI=1S/C7H9NO2/c1-2-5-3-4-7(5,8)6(9)10/h1,5H,3-4,8H2,(H,9,10)/t5?,7-/m0/s1. The Morgan fingerprint density at radius 2 is 2.50 bits per heavy atom. The van der Waals surface area contributed by atoms with Crippen molar-refractivity contribution in [1.29, 1.82) is 0 Å². The predicted octanol–water partition coefficient (Wildman–Crippen LogP) is -0.188. The largest absolute Gasteiger partial charge is 0.480 e. The highest BCUT2D eigenvalue weighted by Crippen LogP contribution is 2.35. The van der Waals surface area contributed by atoms with Crippen molar-refractivity contribution in [1.82, 2.24) is 0 Å². The van der Waals surface area contributed by atoms with Crippen molar-refractivity contribution in [2.24, 2.45) is 11.7 Å². The molecule has 0 aliphatic heterocycles. The molecule has 0 radical (unpaired) electrons. The second-order valence-corrected chi connectivity index (χ2v) is 2.60. The molecular formula is C7H9NO2. The van der Waals surface area contributed by atoms with Gasteiger partial charge < -0.3 is 10.8 Å². The maximum absolute atomic E-state index is 10.5. The van der Waals surface area contributed by atoms with Crippen molar-refractivity contribution in [3.8, 4) is 12.3 Å². The number of carbonyl (C=O) groups is 1. The molecule has 1 saturated carbocycles. The van der Waals surface area contributed by atoms with Crippen LogP contribution in [0.2, 0.25) is 0 Å². The molecular weight excluding hydrogens is 130 g/mol. The topological polar surface area (TPSA) is 63.3 Å². The second kappa shape index (κ2) is 1.99. The molecule has 0 spiro atoms. The van der Waals surface area contributed by atoms with Crippen molar-refractivity contribution in [3.05, 3.63) is 0 Å². The first kappa shape index (κ1) is 7.10. The minimum Gasteiger partial charge on any atom is -0.480 e. The first-order valence-electron chi connectivity index (χ1n) is 3.09. The van der Waals surface area contributed by atoms with Crippen LogP contribution in [0.4, 0.5) is 0 Å². The molecule has 0 saturated heterocycles. The molecule has 1 rings (SSSR count). The van der Waals surface area contributed by atoms with Crippen LogP contribution in [-0.4, -0.2) is 16.6 Å². The fourth-order valence-electron chi connectivity index (χ4n) is 1.09. The minimum atomic E-state index is -1.13. The Morgan fingerprint density at radius 1 is 1.90 bits per heavy atom. The number of carboxylic acids is 1. The van der Waals surface area contributed by atoms with Crippen LogP contribution in [0.1, 0.15) is 12.8 Å². The van der Waals surface area contributed by atoms with E-state index in [9.17, 15) is 4.79 Å². The average molecular weight is 139 g/mol. The van der Waals surface area contributed by atoms with Gasteiger partial charge in [0.25, 0.3) is 0 Å². The summed E-state index contributed by atoms with van der Waals surface area (Å²) in [4.78, 5) is 10.5. The summed E-state index contributed by atoms with van der Waals surface area (Å²) in [7, 11) is 0. The van der Waals surface area contributed by atoms with E-state index in [0.717, 1.165) is 6.42 Å². The molecule has 54 valence electrons. The maximum Gasteiger partial charge on any atom is 0.324 e. The summed E-state index contributed by atoms with van der Waals surface area (Å²) in [6.45, 7) is 0. The van der Waals surface area contributed by atoms with Crippen LogP contribution in [0, 0.1) is 18.3 Å². The number of hydrogen-bond donors (Lipinski definition) is 2. The summed E-state index contributed by atoms with van der Waals surface area (Å²) in [5.41, 5.74) is 4.33. The number of nitrogens with two attached hydrogens (primary N) is 1. The van der Waals surface area contributed by atoms with Gasteiger partial charge in [-0.25, -0.2) is 0 Å². The summed E-state index contributed by atoms with van der Waals surface area (Å²) in [5.74, 6) is 1.11. The van der Waals surface area contributed by atoms with Crippen molar-refractivity contribution in [2.75, 3.05) is 0 Å². The molecule has 0 bridgehead atoms. The lowest BCUT2D eigenvalue weighted by molar-refractivity contribution is -0.148. The van der Waals surface area contributed by atoms with Crippen LogP contribution in [0.25, 0.3) is 0 Å². The molecule has 2 atom stereocenters. The molecule has 0 aromatic carbocycles. The maximum atomic E-state index is 10.5. The molecule has 1 aliphatic carbocycles. The smallest absolute Gasteiger partial charge is 0.324 e. The van der Waals surface area contributed by atoms with E-state index >= 15 is 0 Å².